The molecule has 1 amide bonds. The van der Waals surface area contributed by atoms with E-state index in [9.17, 15) is 13.2 Å². The number of fused-ring (bicyclic) bond motifs is 1. The Hall–Kier alpha value is -2.42. The molecule has 1 heterocycles. The van der Waals surface area contributed by atoms with Gasteiger partial charge in [-0.1, -0.05) is 12.1 Å². The highest BCUT2D eigenvalue weighted by atomic mass is 32.2. The number of carbonyl (C=O) groups excluding carboxylic acids is 1. The molecule has 0 radical (unpaired) electrons. The average Bonchev–Trinajstić information content (AvgIpc) is 2.85. The van der Waals surface area contributed by atoms with Crippen LogP contribution in [0.15, 0.2) is 41.3 Å². The minimum absolute atomic E-state index is 0.105. The van der Waals surface area contributed by atoms with Crippen molar-refractivity contribution in [1.82, 2.24) is 4.31 Å². The number of methoxy groups -OCH3 is 1. The Morgan fingerprint density at radius 2 is 1.76 bits per heavy atom. The molecule has 1 fully saturated rings. The van der Waals surface area contributed by atoms with Gasteiger partial charge < -0.3 is 14.8 Å². The number of anilines is 1. The molecule has 4 rings (SSSR count). The summed E-state index contributed by atoms with van der Waals surface area (Å²) in [4.78, 5) is 13.3. The van der Waals surface area contributed by atoms with Gasteiger partial charge in [0.1, 0.15) is 12.4 Å². The predicted molar refractivity (Wildman–Crippen MR) is 132 cm³/mol. The first-order valence-electron chi connectivity index (χ1n) is 12.0. The van der Waals surface area contributed by atoms with Crippen LogP contribution in [-0.4, -0.2) is 52.0 Å². The third-order valence-electron chi connectivity index (χ3n) is 6.72. The van der Waals surface area contributed by atoms with Crippen LogP contribution in [0.25, 0.3) is 0 Å². The zero-order chi connectivity index (χ0) is 24.1. The van der Waals surface area contributed by atoms with E-state index in [1.165, 1.54) is 9.87 Å². The van der Waals surface area contributed by atoms with Crippen LogP contribution in [-0.2, 0) is 32.4 Å². The summed E-state index contributed by atoms with van der Waals surface area (Å²) >= 11 is 0. The lowest BCUT2D eigenvalue weighted by molar-refractivity contribution is -0.120. The van der Waals surface area contributed by atoms with E-state index in [0.29, 0.717) is 55.5 Å². The van der Waals surface area contributed by atoms with E-state index in [2.05, 4.69) is 5.32 Å². The second kappa shape index (κ2) is 10.9. The minimum atomic E-state index is -3.56. The van der Waals surface area contributed by atoms with Crippen molar-refractivity contribution in [3.05, 3.63) is 53.1 Å². The molecule has 0 unspecified atom stereocenters. The van der Waals surface area contributed by atoms with Crippen molar-refractivity contribution >= 4 is 21.6 Å². The van der Waals surface area contributed by atoms with Crippen molar-refractivity contribution in [3.63, 3.8) is 0 Å². The van der Waals surface area contributed by atoms with E-state index < -0.39 is 10.0 Å². The van der Waals surface area contributed by atoms with E-state index in [1.54, 1.807) is 13.2 Å². The van der Waals surface area contributed by atoms with Gasteiger partial charge in [-0.2, -0.15) is 4.31 Å². The number of sulfonamides is 1. The Labute approximate surface area is 202 Å². The summed E-state index contributed by atoms with van der Waals surface area (Å²) in [5, 5.41) is 2.98. The lowest BCUT2D eigenvalue weighted by Crippen LogP contribution is -2.41. The van der Waals surface area contributed by atoms with Crippen LogP contribution >= 0.6 is 0 Å². The highest BCUT2D eigenvalue weighted by Gasteiger charge is 2.32. The lowest BCUT2D eigenvalue weighted by atomic mass is 9.92. The van der Waals surface area contributed by atoms with E-state index in [1.807, 2.05) is 37.3 Å². The zero-order valence-corrected chi connectivity index (χ0v) is 20.8. The van der Waals surface area contributed by atoms with Crippen LogP contribution in [0.1, 0.15) is 42.4 Å². The average molecular weight is 487 g/mol. The van der Waals surface area contributed by atoms with Crippen LogP contribution in [0, 0.1) is 12.8 Å². The molecular formula is C26H34N2O5S. The van der Waals surface area contributed by atoms with Crippen molar-refractivity contribution in [1.29, 1.82) is 0 Å². The van der Waals surface area contributed by atoms with Gasteiger partial charge in [0.2, 0.25) is 15.9 Å². The van der Waals surface area contributed by atoms with E-state index in [-0.39, 0.29) is 11.8 Å². The quantitative estimate of drug-likeness (QED) is 0.572. The second-order valence-corrected chi connectivity index (χ2v) is 11.1. The molecule has 2 aromatic rings. The van der Waals surface area contributed by atoms with E-state index >= 15 is 0 Å². The van der Waals surface area contributed by atoms with Gasteiger partial charge in [0.05, 0.1) is 17.2 Å². The molecule has 184 valence electrons. The van der Waals surface area contributed by atoms with Crippen molar-refractivity contribution in [2.45, 2.75) is 50.3 Å². The van der Waals surface area contributed by atoms with Crippen molar-refractivity contribution in [2.75, 3.05) is 38.7 Å². The maximum atomic E-state index is 13.2. The van der Waals surface area contributed by atoms with Crippen molar-refractivity contribution in [3.8, 4) is 5.75 Å². The number of piperidine rings is 1. The summed E-state index contributed by atoms with van der Waals surface area (Å²) in [5.41, 5.74) is 4.08. The maximum absolute atomic E-state index is 13.2. The first-order valence-corrected chi connectivity index (χ1v) is 13.5. The molecule has 2 aromatic carbocycles. The normalized spacial score (nSPS) is 17.2. The first-order chi connectivity index (χ1) is 16.4. The molecule has 0 atom stereocenters. The Morgan fingerprint density at radius 3 is 2.50 bits per heavy atom. The van der Waals surface area contributed by atoms with Crippen LogP contribution in [0.5, 0.6) is 5.75 Å². The standard InChI is InChI=1S/C26H34N2O5S/c1-19-7-10-24(25(17-19)33-16-15-32-2)27-26(29)21-11-13-28(14-12-21)34(30,31)23-9-8-20-5-3-4-6-22(20)18-23/h7-10,17-18,21H,3-6,11-16H2,1-2H3,(H,27,29). The summed E-state index contributed by atoms with van der Waals surface area (Å²) < 4.78 is 38.8. The number of hydrogen-bond acceptors (Lipinski definition) is 5. The smallest absolute Gasteiger partial charge is 0.243 e. The highest BCUT2D eigenvalue weighted by molar-refractivity contribution is 7.89. The summed E-state index contributed by atoms with van der Waals surface area (Å²) in [7, 11) is -1.95. The Morgan fingerprint density at radius 1 is 1.03 bits per heavy atom. The Bertz CT molecular complexity index is 1120. The number of benzene rings is 2. The van der Waals surface area contributed by atoms with E-state index in [0.717, 1.165) is 36.8 Å². The monoisotopic (exact) mass is 486 g/mol. The van der Waals surface area contributed by atoms with Crippen LogP contribution < -0.4 is 10.1 Å². The first kappa shape index (κ1) is 24.7. The summed E-state index contributed by atoms with van der Waals surface area (Å²) in [6.07, 6.45) is 5.21. The fourth-order valence-electron chi connectivity index (χ4n) is 4.70. The van der Waals surface area contributed by atoms with Gasteiger partial charge in [0, 0.05) is 26.1 Å². The number of hydrogen-bond donors (Lipinski definition) is 1. The number of carbonyl (C=O) groups is 1. The van der Waals surface area contributed by atoms with Gasteiger partial charge in [0.25, 0.3) is 0 Å². The van der Waals surface area contributed by atoms with Crippen molar-refractivity contribution in [2.24, 2.45) is 5.92 Å². The molecule has 2 aliphatic rings. The largest absolute Gasteiger partial charge is 0.489 e. The van der Waals surface area contributed by atoms with Crippen LogP contribution in [0.3, 0.4) is 0 Å². The van der Waals surface area contributed by atoms with Crippen molar-refractivity contribution < 1.29 is 22.7 Å². The molecule has 0 spiro atoms. The Kier molecular flexibility index (Phi) is 7.91. The van der Waals surface area contributed by atoms with Gasteiger partial charge >= 0.3 is 0 Å². The molecule has 7 nitrogen and oxygen atoms in total. The van der Waals surface area contributed by atoms with Gasteiger partial charge in [-0.05, 0) is 86.4 Å². The predicted octanol–water partition coefficient (Wildman–Crippen LogP) is 3.94. The third-order valence-corrected chi connectivity index (χ3v) is 8.62. The lowest BCUT2D eigenvalue weighted by Gasteiger charge is -2.31. The summed E-state index contributed by atoms with van der Waals surface area (Å²) in [6.45, 7) is 3.49. The van der Waals surface area contributed by atoms with E-state index in [4.69, 9.17) is 9.47 Å². The molecule has 8 heteroatoms. The molecule has 0 saturated carbocycles. The van der Waals surface area contributed by atoms with Crippen LogP contribution in [0.2, 0.25) is 0 Å². The van der Waals surface area contributed by atoms with Gasteiger partial charge in [0.15, 0.2) is 0 Å². The zero-order valence-electron chi connectivity index (χ0n) is 20.0. The number of amides is 1. The molecule has 1 saturated heterocycles. The number of ether oxygens (including phenoxy) is 2. The number of nitrogens with one attached hydrogen (secondary N) is 1. The van der Waals surface area contributed by atoms with Gasteiger partial charge in [-0.25, -0.2) is 8.42 Å². The highest BCUT2D eigenvalue weighted by Crippen LogP contribution is 2.30. The molecule has 0 aromatic heterocycles. The topological polar surface area (TPSA) is 84.9 Å². The summed E-state index contributed by atoms with van der Waals surface area (Å²) in [6, 6.07) is 11.2. The van der Waals surface area contributed by atoms with Gasteiger partial charge in [-0.3, -0.25) is 4.79 Å². The number of rotatable bonds is 8. The summed E-state index contributed by atoms with van der Waals surface area (Å²) in [5.74, 6) is 0.257. The third kappa shape index (κ3) is 5.62. The number of nitrogens with zero attached hydrogens (tertiary/aromatic N) is 1. The molecular weight excluding hydrogens is 452 g/mol. The SMILES string of the molecule is COCCOc1cc(C)ccc1NC(=O)C1CCN(S(=O)(=O)c2ccc3c(c2)CCCC3)CC1. The Balaban J connectivity index is 1.38. The van der Waals surface area contributed by atoms with Crippen LogP contribution in [0.4, 0.5) is 5.69 Å². The fourth-order valence-corrected chi connectivity index (χ4v) is 6.22. The number of aryl methyl sites for hydroxylation is 3. The fraction of sp³-hybridized carbons (Fsp3) is 0.500. The maximum Gasteiger partial charge on any atom is 0.243 e. The molecule has 1 aliphatic heterocycles. The molecule has 0 bridgehead atoms. The molecule has 1 N–H and O–H groups in total. The minimum Gasteiger partial charge on any atom is -0.489 e. The molecule has 34 heavy (non-hydrogen) atoms. The second-order valence-electron chi connectivity index (χ2n) is 9.15. The molecule has 1 aliphatic carbocycles. The van der Waals surface area contributed by atoms with Gasteiger partial charge in [-0.15, -0.1) is 0 Å².